The molecule has 8 nitrogen and oxygen atoms in total. The highest BCUT2D eigenvalue weighted by molar-refractivity contribution is 7.80. The van der Waals surface area contributed by atoms with E-state index in [1.165, 1.54) is 0 Å². The number of carbonyl (C=O) groups is 2. The van der Waals surface area contributed by atoms with Gasteiger partial charge in [-0.3, -0.25) is 10.6 Å². The Hall–Kier alpha value is -3.50. The predicted molar refractivity (Wildman–Crippen MR) is 143 cm³/mol. The number of amides is 2. The predicted octanol–water partition coefficient (Wildman–Crippen LogP) is 5.41. The fourth-order valence-electron chi connectivity index (χ4n) is 2.73. The Kier molecular flexibility index (Phi) is 9.96. The lowest BCUT2D eigenvalue weighted by atomic mass is 9.99. The molecule has 0 aromatic heterocycles. The maximum Gasteiger partial charge on any atom is 0.413 e. The smallest absolute Gasteiger partial charge is 0.413 e. The molecule has 0 atom stereocenters. The van der Waals surface area contributed by atoms with E-state index in [4.69, 9.17) is 33.9 Å². The Labute approximate surface area is 210 Å². The third-order valence-corrected chi connectivity index (χ3v) is 4.51. The van der Waals surface area contributed by atoms with E-state index in [0.29, 0.717) is 11.4 Å². The summed E-state index contributed by atoms with van der Waals surface area (Å²) in [6.07, 6.45) is -1.95. The molecule has 10 heteroatoms. The van der Waals surface area contributed by atoms with Crippen molar-refractivity contribution in [3.05, 3.63) is 66.2 Å². The zero-order chi connectivity index (χ0) is 25.3. The Bertz CT molecular complexity index is 1070. The molecule has 0 aliphatic rings. The normalized spacial score (nSPS) is 10.3. The minimum atomic E-state index is -0.680. The van der Waals surface area contributed by atoms with Crippen LogP contribution >= 0.6 is 24.4 Å². The van der Waals surface area contributed by atoms with E-state index in [0.717, 1.165) is 16.7 Å². The molecule has 0 fully saturated rings. The Morgan fingerprint density at radius 3 is 1.76 bits per heavy atom. The first kappa shape index (κ1) is 26.7. The molecule has 2 amide bonds. The monoisotopic (exact) mass is 500 g/mol. The van der Waals surface area contributed by atoms with Crippen LogP contribution < -0.4 is 21.3 Å². The molecule has 0 aliphatic heterocycles. The quantitative estimate of drug-likeness (QED) is 0.391. The molecule has 0 spiro atoms. The van der Waals surface area contributed by atoms with Gasteiger partial charge in [0.05, 0.1) is 23.6 Å². The standard InChI is InChI=1S/C24H28N4O4S2/c1-14(2)31-23(29)27-21(33)25-19-12-11-18(16(5)17-9-7-6-8-10-17)13-20(19)26-22(34)28-24(30)32-15(3)4/h6-15H,5H2,1-4H3,(H2,25,27,29,33)(H2,26,28,30,34). The summed E-state index contributed by atoms with van der Waals surface area (Å²) in [6, 6.07) is 15.1. The number of nitrogens with one attached hydrogen (secondary N) is 4. The minimum Gasteiger partial charge on any atom is -0.447 e. The van der Waals surface area contributed by atoms with Gasteiger partial charge in [0.25, 0.3) is 0 Å². The third-order valence-electron chi connectivity index (χ3n) is 4.10. The van der Waals surface area contributed by atoms with Gasteiger partial charge in [0.2, 0.25) is 0 Å². The summed E-state index contributed by atoms with van der Waals surface area (Å²) in [4.78, 5) is 23.8. The first-order valence-corrected chi connectivity index (χ1v) is 11.3. The zero-order valence-electron chi connectivity index (χ0n) is 19.4. The summed E-state index contributed by atoms with van der Waals surface area (Å²) in [6.45, 7) is 11.1. The topological polar surface area (TPSA) is 101 Å². The van der Waals surface area contributed by atoms with Crippen LogP contribution in [0, 0.1) is 0 Å². The van der Waals surface area contributed by atoms with Crippen molar-refractivity contribution in [1.82, 2.24) is 10.6 Å². The van der Waals surface area contributed by atoms with Crippen molar-refractivity contribution < 1.29 is 19.1 Å². The molecule has 0 heterocycles. The highest BCUT2D eigenvalue weighted by Gasteiger charge is 2.14. The Morgan fingerprint density at radius 1 is 0.765 bits per heavy atom. The Balaban J connectivity index is 2.26. The molecule has 2 aromatic rings. The molecule has 0 aliphatic carbocycles. The van der Waals surface area contributed by atoms with E-state index in [1.807, 2.05) is 36.4 Å². The SMILES string of the molecule is C=C(c1ccccc1)c1ccc(NC(=S)NC(=O)OC(C)C)c(NC(=S)NC(=O)OC(C)C)c1. The van der Waals surface area contributed by atoms with Crippen LogP contribution in [0.1, 0.15) is 38.8 Å². The van der Waals surface area contributed by atoms with Crippen LogP contribution in [0.2, 0.25) is 0 Å². The number of thiocarbonyl (C=S) groups is 2. The summed E-state index contributed by atoms with van der Waals surface area (Å²) in [7, 11) is 0. The summed E-state index contributed by atoms with van der Waals surface area (Å²) in [5.74, 6) is 0. The second-order valence-corrected chi connectivity index (χ2v) is 8.49. The second-order valence-electron chi connectivity index (χ2n) is 7.67. The van der Waals surface area contributed by atoms with Gasteiger partial charge in [-0.1, -0.05) is 43.0 Å². The highest BCUT2D eigenvalue weighted by atomic mass is 32.1. The van der Waals surface area contributed by atoms with Crippen molar-refractivity contribution in [3.63, 3.8) is 0 Å². The summed E-state index contributed by atoms with van der Waals surface area (Å²) in [5, 5.41) is 10.9. The summed E-state index contributed by atoms with van der Waals surface area (Å²) < 4.78 is 10.1. The molecule has 0 saturated heterocycles. The largest absolute Gasteiger partial charge is 0.447 e. The average molecular weight is 501 g/mol. The lowest BCUT2D eigenvalue weighted by Gasteiger charge is -2.18. The number of carbonyl (C=O) groups excluding carboxylic acids is 2. The van der Waals surface area contributed by atoms with Gasteiger partial charge >= 0.3 is 12.2 Å². The maximum atomic E-state index is 11.9. The van der Waals surface area contributed by atoms with Crippen molar-refractivity contribution in [2.45, 2.75) is 39.9 Å². The van der Waals surface area contributed by atoms with Crippen LogP contribution in [-0.4, -0.2) is 34.6 Å². The van der Waals surface area contributed by atoms with Gasteiger partial charge in [0.15, 0.2) is 10.2 Å². The number of ether oxygens (including phenoxy) is 2. The number of rotatable bonds is 6. The molecule has 0 unspecified atom stereocenters. The van der Waals surface area contributed by atoms with Gasteiger partial charge in [0, 0.05) is 0 Å². The van der Waals surface area contributed by atoms with Gasteiger partial charge in [-0.05, 0) is 81.0 Å². The van der Waals surface area contributed by atoms with Crippen molar-refractivity contribution in [2.24, 2.45) is 0 Å². The summed E-state index contributed by atoms with van der Waals surface area (Å²) >= 11 is 10.5. The minimum absolute atomic E-state index is 0.0225. The van der Waals surface area contributed by atoms with Gasteiger partial charge in [-0.25, -0.2) is 9.59 Å². The van der Waals surface area contributed by atoms with E-state index in [1.54, 1.807) is 39.8 Å². The molecule has 180 valence electrons. The van der Waals surface area contributed by atoms with Crippen LogP contribution in [0.25, 0.3) is 5.57 Å². The maximum absolute atomic E-state index is 11.9. The number of hydrogen-bond acceptors (Lipinski definition) is 6. The molecule has 0 radical (unpaired) electrons. The molecule has 34 heavy (non-hydrogen) atoms. The lowest BCUT2D eigenvalue weighted by Crippen LogP contribution is -2.37. The van der Waals surface area contributed by atoms with Crippen LogP contribution in [-0.2, 0) is 9.47 Å². The van der Waals surface area contributed by atoms with E-state index >= 15 is 0 Å². The van der Waals surface area contributed by atoms with Gasteiger partial charge in [0.1, 0.15) is 0 Å². The molecule has 0 saturated carbocycles. The molecule has 2 rings (SSSR count). The van der Waals surface area contributed by atoms with E-state index in [-0.39, 0.29) is 22.4 Å². The molecule has 4 N–H and O–H groups in total. The van der Waals surface area contributed by atoms with Crippen LogP contribution in [0.5, 0.6) is 0 Å². The first-order chi connectivity index (χ1) is 16.0. The highest BCUT2D eigenvalue weighted by Crippen LogP contribution is 2.29. The van der Waals surface area contributed by atoms with Crippen molar-refractivity contribution >= 4 is 63.8 Å². The molecule has 0 bridgehead atoms. The van der Waals surface area contributed by atoms with E-state index in [2.05, 4.69) is 27.8 Å². The van der Waals surface area contributed by atoms with Crippen LogP contribution in [0.15, 0.2) is 55.1 Å². The van der Waals surface area contributed by atoms with Gasteiger partial charge in [-0.2, -0.15) is 0 Å². The van der Waals surface area contributed by atoms with Crippen LogP contribution in [0.3, 0.4) is 0 Å². The first-order valence-electron chi connectivity index (χ1n) is 10.5. The molecule has 2 aromatic carbocycles. The number of benzene rings is 2. The third kappa shape index (κ3) is 8.80. The van der Waals surface area contributed by atoms with Gasteiger partial charge < -0.3 is 20.1 Å². The fraction of sp³-hybridized carbons (Fsp3) is 0.250. The van der Waals surface area contributed by atoms with Gasteiger partial charge in [-0.15, -0.1) is 0 Å². The van der Waals surface area contributed by atoms with E-state index < -0.39 is 12.2 Å². The summed E-state index contributed by atoms with van der Waals surface area (Å²) in [5.41, 5.74) is 3.54. The van der Waals surface area contributed by atoms with Crippen LogP contribution in [0.4, 0.5) is 21.0 Å². The zero-order valence-corrected chi connectivity index (χ0v) is 21.1. The van der Waals surface area contributed by atoms with Crippen molar-refractivity contribution in [2.75, 3.05) is 10.6 Å². The average Bonchev–Trinajstić information content (AvgIpc) is 2.73. The molecular weight excluding hydrogens is 472 g/mol. The lowest BCUT2D eigenvalue weighted by molar-refractivity contribution is 0.119. The van der Waals surface area contributed by atoms with E-state index in [9.17, 15) is 9.59 Å². The number of anilines is 2. The van der Waals surface area contributed by atoms with Crippen molar-refractivity contribution in [1.29, 1.82) is 0 Å². The Morgan fingerprint density at radius 2 is 1.26 bits per heavy atom. The molecular formula is C24H28N4O4S2. The second kappa shape index (κ2) is 12.7. The number of hydrogen-bond donors (Lipinski definition) is 4. The number of alkyl carbamates (subject to hydrolysis) is 2. The van der Waals surface area contributed by atoms with Crippen molar-refractivity contribution in [3.8, 4) is 0 Å². The fourth-order valence-corrected chi connectivity index (χ4v) is 3.12.